The molecule has 108 valence electrons. The Hall–Kier alpha value is -2.15. The molecule has 1 heterocycles. The van der Waals surface area contributed by atoms with Gasteiger partial charge in [0.2, 0.25) is 0 Å². The number of hydrogen-bond donors (Lipinski definition) is 2. The van der Waals surface area contributed by atoms with E-state index in [1.165, 1.54) is 12.1 Å². The topological polar surface area (TPSA) is 107 Å². The van der Waals surface area contributed by atoms with Crippen LogP contribution in [0.15, 0.2) is 18.2 Å². The number of carbonyl (C=O) groups excluding carboxylic acids is 1. The molecule has 20 heavy (non-hydrogen) atoms. The molecule has 1 aliphatic rings. The van der Waals surface area contributed by atoms with Gasteiger partial charge in [-0.3, -0.25) is 14.9 Å². The van der Waals surface area contributed by atoms with Crippen LogP contribution < -0.4 is 15.8 Å². The fourth-order valence-electron chi connectivity index (χ4n) is 2.25. The Balaban J connectivity index is 2.02. The summed E-state index contributed by atoms with van der Waals surface area (Å²) in [6.45, 7) is 2.46. The van der Waals surface area contributed by atoms with Gasteiger partial charge < -0.3 is 15.8 Å². The van der Waals surface area contributed by atoms with Gasteiger partial charge in [-0.2, -0.15) is 0 Å². The summed E-state index contributed by atoms with van der Waals surface area (Å²) in [5, 5.41) is 13.9. The molecular formula is C13H17N3O4. The Bertz CT molecular complexity index is 512. The van der Waals surface area contributed by atoms with Crippen molar-refractivity contribution in [2.24, 2.45) is 11.7 Å². The number of nitrogens with zero attached hydrogens (tertiary/aromatic N) is 1. The molecule has 0 radical (unpaired) electrons. The van der Waals surface area contributed by atoms with E-state index in [2.05, 4.69) is 5.32 Å². The monoisotopic (exact) mass is 279 g/mol. The van der Waals surface area contributed by atoms with E-state index in [0.717, 1.165) is 32.0 Å². The number of nitrogens with two attached hydrogens (primary N) is 1. The largest absolute Gasteiger partial charge is 0.493 e. The molecule has 3 N–H and O–H groups in total. The molecule has 1 fully saturated rings. The van der Waals surface area contributed by atoms with E-state index < -0.39 is 10.8 Å². The fourth-order valence-corrected chi connectivity index (χ4v) is 2.25. The minimum atomic E-state index is -0.730. The highest BCUT2D eigenvalue weighted by Gasteiger charge is 2.17. The second kappa shape index (κ2) is 6.33. The summed E-state index contributed by atoms with van der Waals surface area (Å²) in [6.07, 6.45) is 1.99. The van der Waals surface area contributed by atoms with Crippen LogP contribution in [0.3, 0.4) is 0 Å². The molecule has 0 saturated carbocycles. The summed E-state index contributed by atoms with van der Waals surface area (Å²) < 4.78 is 5.54. The predicted molar refractivity (Wildman–Crippen MR) is 72.7 cm³/mol. The first-order valence-corrected chi connectivity index (χ1v) is 6.49. The molecule has 1 aromatic carbocycles. The van der Waals surface area contributed by atoms with Crippen LogP contribution in [-0.2, 0) is 0 Å². The number of ether oxygens (including phenoxy) is 1. The molecule has 7 nitrogen and oxygen atoms in total. The molecule has 0 bridgehead atoms. The molecular weight excluding hydrogens is 262 g/mol. The van der Waals surface area contributed by atoms with E-state index in [4.69, 9.17) is 10.5 Å². The second-order valence-electron chi connectivity index (χ2n) is 4.80. The van der Waals surface area contributed by atoms with Crippen LogP contribution in [0.5, 0.6) is 5.75 Å². The summed E-state index contributed by atoms with van der Waals surface area (Å²) in [5.41, 5.74) is 5.10. The highest BCUT2D eigenvalue weighted by Crippen LogP contribution is 2.24. The molecule has 0 aromatic heterocycles. The quantitative estimate of drug-likeness (QED) is 0.598. The molecule has 1 amide bonds. The number of rotatable bonds is 6. The van der Waals surface area contributed by atoms with Crippen LogP contribution in [-0.4, -0.2) is 30.5 Å². The summed E-state index contributed by atoms with van der Waals surface area (Å²) in [7, 11) is 0. The van der Waals surface area contributed by atoms with Gasteiger partial charge in [-0.05, 0) is 37.9 Å². The minimum Gasteiger partial charge on any atom is -0.493 e. The summed E-state index contributed by atoms with van der Waals surface area (Å²) >= 11 is 0. The maximum atomic E-state index is 11.3. The van der Waals surface area contributed by atoms with Crippen molar-refractivity contribution in [2.75, 3.05) is 19.7 Å². The van der Waals surface area contributed by atoms with E-state index in [-0.39, 0.29) is 11.3 Å². The summed E-state index contributed by atoms with van der Waals surface area (Å²) in [6, 6.07) is 3.87. The van der Waals surface area contributed by atoms with E-state index in [0.29, 0.717) is 18.3 Å². The van der Waals surface area contributed by atoms with Gasteiger partial charge in [0.05, 0.1) is 17.1 Å². The number of nitro groups is 1. The highest BCUT2D eigenvalue weighted by atomic mass is 16.6. The average Bonchev–Trinajstić information content (AvgIpc) is 2.91. The van der Waals surface area contributed by atoms with Gasteiger partial charge in [-0.15, -0.1) is 0 Å². The normalized spacial score (nSPS) is 17.9. The Morgan fingerprint density at radius 1 is 1.55 bits per heavy atom. The second-order valence-corrected chi connectivity index (χ2v) is 4.80. The van der Waals surface area contributed by atoms with Crippen LogP contribution in [0.2, 0.25) is 0 Å². The standard InChI is InChI=1S/C13H17N3O4/c14-13(17)11-7-10(16(18)19)1-2-12(11)20-6-4-9-3-5-15-8-9/h1-2,7,9,15H,3-6,8H2,(H2,14,17). The average molecular weight is 279 g/mol. The first-order chi connectivity index (χ1) is 9.58. The lowest BCUT2D eigenvalue weighted by molar-refractivity contribution is -0.384. The van der Waals surface area contributed by atoms with Crippen molar-refractivity contribution in [3.05, 3.63) is 33.9 Å². The molecule has 1 unspecified atom stereocenters. The summed E-state index contributed by atoms with van der Waals surface area (Å²) in [4.78, 5) is 21.4. The van der Waals surface area contributed by atoms with Crippen LogP contribution in [0.1, 0.15) is 23.2 Å². The van der Waals surface area contributed by atoms with Crippen molar-refractivity contribution < 1.29 is 14.5 Å². The van der Waals surface area contributed by atoms with Crippen molar-refractivity contribution in [3.8, 4) is 5.75 Å². The number of benzene rings is 1. The molecule has 1 aliphatic heterocycles. The number of non-ortho nitro benzene ring substituents is 1. The lowest BCUT2D eigenvalue weighted by atomic mass is 10.1. The minimum absolute atomic E-state index is 0.0451. The van der Waals surface area contributed by atoms with E-state index in [9.17, 15) is 14.9 Å². The number of amides is 1. The molecule has 1 saturated heterocycles. The zero-order valence-corrected chi connectivity index (χ0v) is 11.0. The third-order valence-electron chi connectivity index (χ3n) is 3.39. The van der Waals surface area contributed by atoms with Gasteiger partial charge in [-0.1, -0.05) is 0 Å². The number of hydrogen-bond acceptors (Lipinski definition) is 5. The number of nitrogens with one attached hydrogen (secondary N) is 1. The van der Waals surface area contributed by atoms with Gasteiger partial charge in [0, 0.05) is 12.1 Å². The van der Waals surface area contributed by atoms with Crippen LogP contribution >= 0.6 is 0 Å². The number of nitro benzene ring substituents is 1. The Kier molecular flexibility index (Phi) is 4.52. The Labute approximate surface area is 116 Å². The number of carbonyl (C=O) groups is 1. The Morgan fingerprint density at radius 2 is 2.35 bits per heavy atom. The fraction of sp³-hybridized carbons (Fsp3) is 0.462. The molecule has 1 aromatic rings. The van der Waals surface area contributed by atoms with E-state index in [1.54, 1.807) is 0 Å². The zero-order valence-electron chi connectivity index (χ0n) is 11.0. The molecule has 7 heteroatoms. The van der Waals surface area contributed by atoms with Crippen molar-refractivity contribution in [2.45, 2.75) is 12.8 Å². The maximum Gasteiger partial charge on any atom is 0.270 e. The highest BCUT2D eigenvalue weighted by molar-refractivity contribution is 5.96. The zero-order chi connectivity index (χ0) is 14.5. The van der Waals surface area contributed by atoms with Crippen LogP contribution in [0.25, 0.3) is 0 Å². The Morgan fingerprint density at radius 3 is 2.95 bits per heavy atom. The van der Waals surface area contributed by atoms with Gasteiger partial charge in [0.1, 0.15) is 5.75 Å². The third-order valence-corrected chi connectivity index (χ3v) is 3.39. The van der Waals surface area contributed by atoms with Crippen molar-refractivity contribution in [3.63, 3.8) is 0 Å². The lowest BCUT2D eigenvalue weighted by Gasteiger charge is -2.12. The number of primary amides is 1. The third kappa shape index (κ3) is 3.45. The van der Waals surface area contributed by atoms with Gasteiger partial charge in [0.25, 0.3) is 11.6 Å². The first-order valence-electron chi connectivity index (χ1n) is 6.49. The molecule has 1 atom stereocenters. The maximum absolute atomic E-state index is 11.3. The van der Waals surface area contributed by atoms with E-state index in [1.807, 2.05) is 0 Å². The lowest BCUT2D eigenvalue weighted by Crippen LogP contribution is -2.15. The van der Waals surface area contributed by atoms with Crippen molar-refractivity contribution in [1.29, 1.82) is 0 Å². The smallest absolute Gasteiger partial charge is 0.270 e. The molecule has 0 spiro atoms. The van der Waals surface area contributed by atoms with Crippen molar-refractivity contribution in [1.82, 2.24) is 5.32 Å². The summed E-state index contributed by atoms with van der Waals surface area (Å²) in [5.74, 6) is 0.144. The predicted octanol–water partition coefficient (Wildman–Crippen LogP) is 1.07. The SMILES string of the molecule is NC(=O)c1cc([N+](=O)[O-])ccc1OCCC1CCNC1. The van der Waals surface area contributed by atoms with Crippen LogP contribution in [0, 0.1) is 16.0 Å². The molecule has 0 aliphatic carbocycles. The van der Waals surface area contributed by atoms with E-state index >= 15 is 0 Å². The van der Waals surface area contributed by atoms with Gasteiger partial charge in [0.15, 0.2) is 0 Å². The molecule has 2 rings (SSSR count). The van der Waals surface area contributed by atoms with Crippen LogP contribution in [0.4, 0.5) is 5.69 Å². The van der Waals surface area contributed by atoms with Gasteiger partial charge >= 0.3 is 0 Å². The van der Waals surface area contributed by atoms with Crippen molar-refractivity contribution >= 4 is 11.6 Å². The first kappa shape index (κ1) is 14.3. The van der Waals surface area contributed by atoms with Gasteiger partial charge in [-0.25, -0.2) is 0 Å².